The van der Waals surface area contributed by atoms with Gasteiger partial charge in [0.1, 0.15) is 12.4 Å². The Morgan fingerprint density at radius 2 is 1.92 bits per heavy atom. The van der Waals surface area contributed by atoms with Gasteiger partial charge in [0.25, 0.3) is 0 Å². The number of halogens is 1. The van der Waals surface area contributed by atoms with Crippen molar-refractivity contribution in [3.8, 4) is 5.75 Å². The molecule has 1 aromatic carbocycles. The number of hydrogen-bond donors (Lipinski definition) is 2. The van der Waals surface area contributed by atoms with Crippen LogP contribution >= 0.6 is 12.4 Å². The quantitative estimate of drug-likeness (QED) is 0.736. The summed E-state index contributed by atoms with van der Waals surface area (Å²) in [5, 5.41) is 2.94. The first kappa shape index (κ1) is 20.7. The minimum absolute atomic E-state index is 0. The lowest BCUT2D eigenvalue weighted by Crippen LogP contribution is -2.49. The standard InChI is InChI=1S/C18H28N2O3.ClH/c1-14(2)15-3-5-16(6-4-15)23-12-9-20-17(21)18(13-19)7-10-22-11-8-18;/h3-6,14H,7-13,19H2,1-2H3,(H,20,21);1H. The van der Waals surface area contributed by atoms with Gasteiger partial charge in [-0.05, 0) is 36.5 Å². The highest BCUT2D eigenvalue weighted by atomic mass is 35.5. The molecule has 1 amide bonds. The lowest BCUT2D eigenvalue weighted by Gasteiger charge is -2.34. The molecule has 5 nitrogen and oxygen atoms in total. The van der Waals surface area contributed by atoms with Crippen LogP contribution in [0.3, 0.4) is 0 Å². The van der Waals surface area contributed by atoms with Crippen LogP contribution in [0.1, 0.15) is 38.2 Å². The van der Waals surface area contributed by atoms with Gasteiger partial charge in [-0.1, -0.05) is 26.0 Å². The molecule has 6 heteroatoms. The molecule has 1 saturated heterocycles. The third-order valence-corrected chi connectivity index (χ3v) is 4.53. The van der Waals surface area contributed by atoms with Crippen molar-refractivity contribution in [1.82, 2.24) is 5.32 Å². The van der Waals surface area contributed by atoms with E-state index in [9.17, 15) is 4.79 Å². The zero-order chi connectivity index (χ0) is 16.7. The first-order chi connectivity index (χ1) is 11.1. The number of hydrogen-bond acceptors (Lipinski definition) is 4. The highest BCUT2D eigenvalue weighted by Gasteiger charge is 2.38. The van der Waals surface area contributed by atoms with E-state index < -0.39 is 5.41 Å². The number of carbonyl (C=O) groups is 1. The van der Waals surface area contributed by atoms with E-state index in [1.165, 1.54) is 5.56 Å². The fourth-order valence-electron chi connectivity index (χ4n) is 2.76. The summed E-state index contributed by atoms with van der Waals surface area (Å²) in [6.45, 7) is 6.81. The molecule has 0 spiro atoms. The Balaban J connectivity index is 0.00000288. The summed E-state index contributed by atoms with van der Waals surface area (Å²) in [5.41, 5.74) is 6.64. The second kappa shape index (κ2) is 9.87. The number of amides is 1. The minimum atomic E-state index is -0.475. The SMILES string of the molecule is CC(C)c1ccc(OCCNC(=O)C2(CN)CCOCC2)cc1.Cl. The van der Waals surface area contributed by atoms with Crippen molar-refractivity contribution in [2.45, 2.75) is 32.6 Å². The molecule has 0 bridgehead atoms. The van der Waals surface area contributed by atoms with Crippen LogP contribution in [-0.2, 0) is 9.53 Å². The molecule has 2 rings (SSSR count). The summed E-state index contributed by atoms with van der Waals surface area (Å²) in [6, 6.07) is 8.09. The maximum absolute atomic E-state index is 12.4. The van der Waals surface area contributed by atoms with Crippen LogP contribution in [-0.4, -0.2) is 38.8 Å². The second-order valence-corrected chi connectivity index (χ2v) is 6.42. The first-order valence-electron chi connectivity index (χ1n) is 8.36. The lowest BCUT2D eigenvalue weighted by atomic mass is 9.79. The van der Waals surface area contributed by atoms with Crippen LogP contribution in [0.4, 0.5) is 0 Å². The number of nitrogens with one attached hydrogen (secondary N) is 1. The van der Waals surface area contributed by atoms with Crippen LogP contribution in [0, 0.1) is 5.41 Å². The fourth-order valence-corrected chi connectivity index (χ4v) is 2.76. The Morgan fingerprint density at radius 3 is 2.46 bits per heavy atom. The molecular weight excluding hydrogens is 328 g/mol. The largest absolute Gasteiger partial charge is 0.492 e. The third-order valence-electron chi connectivity index (χ3n) is 4.53. The normalized spacial score (nSPS) is 16.3. The van der Waals surface area contributed by atoms with Crippen molar-refractivity contribution in [3.05, 3.63) is 29.8 Å². The number of carbonyl (C=O) groups excluding carboxylic acids is 1. The maximum atomic E-state index is 12.4. The monoisotopic (exact) mass is 356 g/mol. The molecule has 0 atom stereocenters. The van der Waals surface area contributed by atoms with E-state index in [4.69, 9.17) is 15.2 Å². The average molecular weight is 357 g/mol. The molecule has 136 valence electrons. The van der Waals surface area contributed by atoms with Gasteiger partial charge in [-0.2, -0.15) is 0 Å². The first-order valence-corrected chi connectivity index (χ1v) is 8.36. The molecule has 1 heterocycles. The average Bonchev–Trinajstić information content (AvgIpc) is 2.59. The molecule has 1 fully saturated rings. The number of rotatable bonds is 7. The van der Waals surface area contributed by atoms with E-state index in [1.807, 2.05) is 12.1 Å². The van der Waals surface area contributed by atoms with E-state index in [2.05, 4.69) is 31.3 Å². The summed E-state index contributed by atoms with van der Waals surface area (Å²) >= 11 is 0. The Morgan fingerprint density at radius 1 is 1.29 bits per heavy atom. The van der Waals surface area contributed by atoms with Gasteiger partial charge in [0.05, 0.1) is 12.0 Å². The number of benzene rings is 1. The summed E-state index contributed by atoms with van der Waals surface area (Å²) in [5.74, 6) is 1.35. The highest BCUT2D eigenvalue weighted by molar-refractivity contribution is 5.85. The van der Waals surface area contributed by atoms with E-state index in [1.54, 1.807) is 0 Å². The van der Waals surface area contributed by atoms with Crippen molar-refractivity contribution in [1.29, 1.82) is 0 Å². The van der Waals surface area contributed by atoms with Gasteiger partial charge in [0.15, 0.2) is 0 Å². The molecule has 0 unspecified atom stereocenters. The predicted octanol–water partition coefficient (Wildman–Crippen LogP) is 2.48. The van der Waals surface area contributed by atoms with Crippen LogP contribution in [0.25, 0.3) is 0 Å². The molecule has 0 saturated carbocycles. The second-order valence-electron chi connectivity index (χ2n) is 6.42. The van der Waals surface area contributed by atoms with Crippen LogP contribution in [0.2, 0.25) is 0 Å². The molecule has 0 aliphatic carbocycles. The number of nitrogens with two attached hydrogens (primary N) is 1. The molecule has 3 N–H and O–H groups in total. The Hall–Kier alpha value is -1.30. The van der Waals surface area contributed by atoms with Gasteiger partial charge in [-0.25, -0.2) is 0 Å². The molecule has 24 heavy (non-hydrogen) atoms. The van der Waals surface area contributed by atoms with E-state index >= 15 is 0 Å². The van der Waals surface area contributed by atoms with E-state index in [0.29, 0.717) is 51.7 Å². The van der Waals surface area contributed by atoms with Gasteiger partial charge in [0.2, 0.25) is 5.91 Å². The maximum Gasteiger partial charge on any atom is 0.227 e. The third kappa shape index (κ3) is 5.36. The van der Waals surface area contributed by atoms with Gasteiger partial charge >= 0.3 is 0 Å². The zero-order valence-electron chi connectivity index (χ0n) is 14.5. The van der Waals surface area contributed by atoms with Crippen molar-refractivity contribution in [2.24, 2.45) is 11.1 Å². The smallest absolute Gasteiger partial charge is 0.227 e. The van der Waals surface area contributed by atoms with Crippen LogP contribution in [0.5, 0.6) is 5.75 Å². The summed E-state index contributed by atoms with van der Waals surface area (Å²) in [4.78, 5) is 12.4. The molecule has 1 aliphatic rings. The van der Waals surface area contributed by atoms with E-state index in [-0.39, 0.29) is 18.3 Å². The predicted molar refractivity (Wildman–Crippen MR) is 97.8 cm³/mol. The van der Waals surface area contributed by atoms with Crippen molar-refractivity contribution in [2.75, 3.05) is 32.9 Å². The summed E-state index contributed by atoms with van der Waals surface area (Å²) in [7, 11) is 0. The van der Waals surface area contributed by atoms with Gasteiger partial charge in [-0.3, -0.25) is 4.79 Å². The Labute approximate surface area is 150 Å². The van der Waals surface area contributed by atoms with Gasteiger partial charge in [0, 0.05) is 19.8 Å². The van der Waals surface area contributed by atoms with Crippen LogP contribution < -0.4 is 15.8 Å². The van der Waals surface area contributed by atoms with Crippen molar-refractivity contribution < 1.29 is 14.3 Å². The molecule has 0 radical (unpaired) electrons. The highest BCUT2D eigenvalue weighted by Crippen LogP contribution is 2.29. The summed E-state index contributed by atoms with van der Waals surface area (Å²) in [6.07, 6.45) is 1.37. The lowest BCUT2D eigenvalue weighted by molar-refractivity contribution is -0.136. The fraction of sp³-hybridized carbons (Fsp3) is 0.611. The van der Waals surface area contributed by atoms with Crippen molar-refractivity contribution >= 4 is 18.3 Å². The Bertz CT molecular complexity index is 499. The van der Waals surface area contributed by atoms with Gasteiger partial charge < -0.3 is 20.5 Å². The molecular formula is C18H29ClN2O3. The zero-order valence-corrected chi connectivity index (χ0v) is 15.4. The topological polar surface area (TPSA) is 73.6 Å². The Kier molecular flexibility index (Phi) is 8.53. The number of ether oxygens (including phenoxy) is 2. The van der Waals surface area contributed by atoms with Gasteiger partial charge in [-0.15, -0.1) is 12.4 Å². The molecule has 1 aromatic rings. The van der Waals surface area contributed by atoms with Crippen molar-refractivity contribution in [3.63, 3.8) is 0 Å². The van der Waals surface area contributed by atoms with E-state index in [0.717, 1.165) is 5.75 Å². The van der Waals surface area contributed by atoms with Crippen LogP contribution in [0.15, 0.2) is 24.3 Å². The molecule has 1 aliphatic heterocycles. The molecule has 0 aromatic heterocycles. The summed E-state index contributed by atoms with van der Waals surface area (Å²) < 4.78 is 11.0. The minimum Gasteiger partial charge on any atom is -0.492 e.